The summed E-state index contributed by atoms with van der Waals surface area (Å²) in [6.45, 7) is 4.52. The van der Waals surface area contributed by atoms with Gasteiger partial charge in [0.2, 0.25) is 5.91 Å². The Morgan fingerprint density at radius 1 is 1.48 bits per heavy atom. The third-order valence-electron chi connectivity index (χ3n) is 2.98. The number of aromatic nitrogens is 3. The lowest BCUT2D eigenvalue weighted by molar-refractivity contribution is -0.384. The van der Waals surface area contributed by atoms with Crippen molar-refractivity contribution in [2.24, 2.45) is 0 Å². The van der Waals surface area contributed by atoms with Crippen LogP contribution in [0.15, 0.2) is 23.4 Å². The summed E-state index contributed by atoms with van der Waals surface area (Å²) >= 11 is 6.98. The minimum atomic E-state index is -0.598. The molecule has 1 N–H and O–H groups in total. The van der Waals surface area contributed by atoms with Gasteiger partial charge in [-0.1, -0.05) is 23.4 Å². The second-order valence-corrected chi connectivity index (χ2v) is 5.88. The zero-order valence-corrected chi connectivity index (χ0v) is 14.0. The summed E-state index contributed by atoms with van der Waals surface area (Å²) in [5.41, 5.74) is 0.0679. The second kappa shape index (κ2) is 7.42. The van der Waals surface area contributed by atoms with Gasteiger partial charge in [0.25, 0.3) is 5.69 Å². The maximum atomic E-state index is 12.0. The van der Waals surface area contributed by atoms with Gasteiger partial charge in [0, 0.05) is 18.3 Å². The number of anilines is 1. The molecule has 23 heavy (non-hydrogen) atoms. The highest BCUT2D eigenvalue weighted by Gasteiger charge is 2.15. The molecule has 1 heterocycles. The van der Waals surface area contributed by atoms with E-state index >= 15 is 0 Å². The number of hydrogen-bond acceptors (Lipinski definition) is 6. The van der Waals surface area contributed by atoms with Gasteiger partial charge < -0.3 is 9.88 Å². The third kappa shape index (κ3) is 4.20. The molecule has 10 heteroatoms. The highest BCUT2D eigenvalue weighted by Crippen LogP contribution is 2.27. The van der Waals surface area contributed by atoms with E-state index < -0.39 is 4.92 Å². The first-order valence-corrected chi connectivity index (χ1v) is 8.05. The van der Waals surface area contributed by atoms with Gasteiger partial charge in [-0.3, -0.25) is 14.9 Å². The van der Waals surface area contributed by atoms with E-state index in [0.29, 0.717) is 17.4 Å². The summed E-state index contributed by atoms with van der Waals surface area (Å²) in [5, 5.41) is 22.1. The van der Waals surface area contributed by atoms with Crippen molar-refractivity contribution in [2.45, 2.75) is 25.5 Å². The number of rotatable bonds is 6. The van der Waals surface area contributed by atoms with E-state index in [1.807, 2.05) is 18.4 Å². The molecule has 0 saturated heterocycles. The first-order valence-electron chi connectivity index (χ1n) is 6.68. The molecule has 1 amide bonds. The number of carbonyl (C=O) groups excluding carboxylic acids is 1. The quantitative estimate of drug-likeness (QED) is 0.485. The van der Waals surface area contributed by atoms with Gasteiger partial charge in [-0.05, 0) is 26.0 Å². The van der Waals surface area contributed by atoms with Gasteiger partial charge in [0.15, 0.2) is 5.16 Å². The van der Waals surface area contributed by atoms with E-state index in [2.05, 4.69) is 15.5 Å². The standard InChI is InChI=1S/C13H14ClN5O3S/c1-3-18-8(2)16-17-13(18)23-7-12(20)15-9-4-5-10(14)11(6-9)19(21)22/h4-6H,3,7H2,1-2H3,(H,15,20). The van der Waals surface area contributed by atoms with Crippen LogP contribution in [0.5, 0.6) is 0 Å². The molecule has 1 aromatic heterocycles. The number of nitrogens with one attached hydrogen (secondary N) is 1. The van der Waals surface area contributed by atoms with E-state index in [1.54, 1.807) is 0 Å². The smallest absolute Gasteiger partial charge is 0.289 e. The van der Waals surface area contributed by atoms with Crippen LogP contribution in [-0.2, 0) is 11.3 Å². The van der Waals surface area contributed by atoms with Crippen LogP contribution in [0.1, 0.15) is 12.7 Å². The van der Waals surface area contributed by atoms with Gasteiger partial charge in [0.05, 0.1) is 10.7 Å². The monoisotopic (exact) mass is 355 g/mol. The SMILES string of the molecule is CCn1c(C)nnc1SCC(=O)Nc1ccc(Cl)c([N+](=O)[O-])c1. The summed E-state index contributed by atoms with van der Waals surface area (Å²) in [5.74, 6) is 0.604. The van der Waals surface area contributed by atoms with Crippen molar-refractivity contribution in [3.63, 3.8) is 0 Å². The Bertz CT molecular complexity index is 749. The summed E-state index contributed by atoms with van der Waals surface area (Å²) in [6, 6.07) is 4.11. The fourth-order valence-electron chi connectivity index (χ4n) is 1.89. The molecule has 122 valence electrons. The molecular weight excluding hydrogens is 342 g/mol. The fraction of sp³-hybridized carbons (Fsp3) is 0.308. The maximum absolute atomic E-state index is 12.0. The molecule has 0 aliphatic heterocycles. The first kappa shape index (κ1) is 17.2. The Labute approximate surface area is 141 Å². The third-order valence-corrected chi connectivity index (χ3v) is 4.26. The van der Waals surface area contributed by atoms with Crippen molar-refractivity contribution in [1.82, 2.24) is 14.8 Å². The zero-order chi connectivity index (χ0) is 17.0. The lowest BCUT2D eigenvalue weighted by Crippen LogP contribution is -2.14. The summed E-state index contributed by atoms with van der Waals surface area (Å²) in [7, 11) is 0. The van der Waals surface area contributed by atoms with Crippen LogP contribution < -0.4 is 5.32 Å². The number of hydrogen-bond donors (Lipinski definition) is 1. The number of carbonyl (C=O) groups is 1. The topological polar surface area (TPSA) is 103 Å². The molecule has 0 spiro atoms. The van der Waals surface area contributed by atoms with Crippen molar-refractivity contribution in [3.05, 3.63) is 39.2 Å². The highest BCUT2D eigenvalue weighted by atomic mass is 35.5. The number of aryl methyl sites for hydroxylation is 1. The van der Waals surface area contributed by atoms with Crippen molar-refractivity contribution in [1.29, 1.82) is 0 Å². The number of nitro benzene ring substituents is 1. The maximum Gasteiger partial charge on any atom is 0.289 e. The Morgan fingerprint density at radius 3 is 2.87 bits per heavy atom. The normalized spacial score (nSPS) is 10.6. The Kier molecular flexibility index (Phi) is 5.56. The van der Waals surface area contributed by atoms with Crippen LogP contribution in [0.2, 0.25) is 5.02 Å². The number of nitro groups is 1. The summed E-state index contributed by atoms with van der Waals surface area (Å²) in [6.07, 6.45) is 0. The minimum Gasteiger partial charge on any atom is -0.325 e. The van der Waals surface area contributed by atoms with Crippen molar-refractivity contribution in [3.8, 4) is 0 Å². The molecule has 1 aromatic carbocycles. The van der Waals surface area contributed by atoms with Gasteiger partial charge in [0.1, 0.15) is 10.8 Å². The number of thioether (sulfide) groups is 1. The second-order valence-electron chi connectivity index (χ2n) is 4.53. The average Bonchev–Trinajstić information content (AvgIpc) is 2.87. The van der Waals surface area contributed by atoms with Crippen LogP contribution >= 0.6 is 23.4 Å². The molecule has 0 aliphatic carbocycles. The van der Waals surface area contributed by atoms with Crippen LogP contribution in [0, 0.1) is 17.0 Å². The molecule has 0 unspecified atom stereocenters. The van der Waals surface area contributed by atoms with E-state index in [-0.39, 0.29) is 22.4 Å². The fourth-order valence-corrected chi connectivity index (χ4v) is 2.92. The average molecular weight is 356 g/mol. The molecule has 0 radical (unpaired) electrons. The molecule has 0 fully saturated rings. The van der Waals surface area contributed by atoms with Gasteiger partial charge in [-0.2, -0.15) is 0 Å². The predicted molar refractivity (Wildman–Crippen MR) is 87.9 cm³/mol. The highest BCUT2D eigenvalue weighted by molar-refractivity contribution is 7.99. The van der Waals surface area contributed by atoms with Crippen molar-refractivity contribution < 1.29 is 9.72 Å². The zero-order valence-electron chi connectivity index (χ0n) is 12.4. The molecule has 0 aliphatic rings. The largest absolute Gasteiger partial charge is 0.325 e. The first-order chi connectivity index (χ1) is 10.9. The number of nitrogens with zero attached hydrogens (tertiary/aromatic N) is 4. The van der Waals surface area contributed by atoms with Crippen LogP contribution in [-0.4, -0.2) is 31.3 Å². The molecule has 0 bridgehead atoms. The molecule has 2 aromatic rings. The van der Waals surface area contributed by atoms with Gasteiger partial charge >= 0.3 is 0 Å². The van der Waals surface area contributed by atoms with E-state index in [0.717, 1.165) is 5.82 Å². The summed E-state index contributed by atoms with van der Waals surface area (Å²) < 4.78 is 1.89. The molecular formula is C13H14ClN5O3S. The molecule has 0 saturated carbocycles. The Balaban J connectivity index is 2.00. The van der Waals surface area contributed by atoms with Crippen molar-refractivity contribution >= 4 is 40.6 Å². The van der Waals surface area contributed by atoms with Crippen LogP contribution in [0.4, 0.5) is 11.4 Å². The number of amides is 1. The molecule has 0 atom stereocenters. The van der Waals surface area contributed by atoms with Gasteiger partial charge in [-0.15, -0.1) is 10.2 Å². The van der Waals surface area contributed by atoms with Gasteiger partial charge in [-0.25, -0.2) is 0 Å². The minimum absolute atomic E-state index is 0.0221. The van der Waals surface area contributed by atoms with Crippen LogP contribution in [0.3, 0.4) is 0 Å². The van der Waals surface area contributed by atoms with E-state index in [9.17, 15) is 14.9 Å². The number of benzene rings is 1. The van der Waals surface area contributed by atoms with E-state index in [1.165, 1.54) is 30.0 Å². The molecule has 8 nitrogen and oxygen atoms in total. The van der Waals surface area contributed by atoms with Crippen molar-refractivity contribution in [2.75, 3.05) is 11.1 Å². The van der Waals surface area contributed by atoms with E-state index in [4.69, 9.17) is 11.6 Å². The lowest BCUT2D eigenvalue weighted by Gasteiger charge is -2.06. The summed E-state index contributed by atoms with van der Waals surface area (Å²) in [4.78, 5) is 22.2. The lowest BCUT2D eigenvalue weighted by atomic mass is 10.3. The Morgan fingerprint density at radius 2 is 2.22 bits per heavy atom. The number of halogens is 1. The Hall–Kier alpha value is -2.13. The van der Waals surface area contributed by atoms with Crippen LogP contribution in [0.25, 0.3) is 0 Å². The predicted octanol–water partition coefficient (Wildman–Crippen LogP) is 2.90. The molecule has 2 rings (SSSR count).